The summed E-state index contributed by atoms with van der Waals surface area (Å²) in [6.07, 6.45) is -0.665. The Morgan fingerprint density at radius 2 is 2.00 bits per heavy atom. The second kappa shape index (κ2) is 6.50. The van der Waals surface area contributed by atoms with Gasteiger partial charge in [-0.05, 0) is 49.7 Å². The van der Waals surface area contributed by atoms with Crippen molar-refractivity contribution in [3.8, 4) is 5.75 Å². The fraction of sp³-hybridized carbons (Fsp3) is 0.188. The van der Waals surface area contributed by atoms with Crippen LogP contribution in [0.2, 0.25) is 5.02 Å². The molecule has 0 aromatic heterocycles. The number of nitrogens with one attached hydrogen (secondary N) is 1. The fourth-order valence-corrected chi connectivity index (χ4v) is 2.03. The molecule has 0 aliphatic carbocycles. The Bertz CT molecular complexity index is 658. The van der Waals surface area contributed by atoms with E-state index in [1.165, 1.54) is 0 Å². The van der Waals surface area contributed by atoms with Crippen LogP contribution >= 0.6 is 11.6 Å². The van der Waals surface area contributed by atoms with E-state index in [2.05, 4.69) is 5.32 Å². The second-order valence-electron chi connectivity index (χ2n) is 4.75. The van der Waals surface area contributed by atoms with Crippen molar-refractivity contribution in [1.29, 1.82) is 0 Å². The lowest BCUT2D eigenvalue weighted by atomic mass is 10.1. The van der Waals surface area contributed by atoms with E-state index < -0.39 is 6.10 Å². The van der Waals surface area contributed by atoms with Gasteiger partial charge in [0.15, 0.2) is 6.10 Å². The van der Waals surface area contributed by atoms with Crippen LogP contribution in [0.5, 0.6) is 5.75 Å². The summed E-state index contributed by atoms with van der Waals surface area (Å²) >= 11 is 6.01. The maximum Gasteiger partial charge on any atom is 0.265 e. The molecule has 5 heteroatoms. The van der Waals surface area contributed by atoms with Crippen molar-refractivity contribution in [3.63, 3.8) is 0 Å². The number of halogens is 1. The molecule has 0 heterocycles. The van der Waals surface area contributed by atoms with E-state index in [1.807, 2.05) is 6.92 Å². The number of para-hydroxylation sites is 1. The Balaban J connectivity index is 2.04. The number of rotatable bonds is 4. The molecule has 0 bridgehead atoms. The molecule has 0 saturated heterocycles. The molecule has 4 nitrogen and oxygen atoms in total. The number of nitrogen functional groups attached to an aromatic ring is 1. The Morgan fingerprint density at radius 3 is 2.67 bits per heavy atom. The summed E-state index contributed by atoms with van der Waals surface area (Å²) in [5.74, 6) is 0.235. The number of hydrogen-bond donors (Lipinski definition) is 2. The van der Waals surface area contributed by atoms with Gasteiger partial charge in [-0.15, -0.1) is 0 Å². The predicted octanol–water partition coefficient (Wildman–Crippen LogP) is 3.64. The van der Waals surface area contributed by atoms with Gasteiger partial charge in [0.1, 0.15) is 5.75 Å². The standard InChI is InChI=1S/C16H17ClN2O2/c1-10-9-12(18)7-8-14(10)19-16(20)11(2)21-15-6-4-3-5-13(15)17/h3-9,11H,18H2,1-2H3,(H,19,20)/t11-/m0/s1. The van der Waals surface area contributed by atoms with Crippen LogP contribution < -0.4 is 15.8 Å². The predicted molar refractivity (Wildman–Crippen MR) is 85.8 cm³/mol. The molecule has 0 fully saturated rings. The number of carbonyl (C=O) groups excluding carboxylic acids is 1. The van der Waals surface area contributed by atoms with Gasteiger partial charge in [0.25, 0.3) is 5.91 Å². The number of amides is 1. The van der Waals surface area contributed by atoms with Crippen LogP contribution in [-0.4, -0.2) is 12.0 Å². The molecule has 0 aliphatic rings. The van der Waals surface area contributed by atoms with Crippen molar-refractivity contribution in [1.82, 2.24) is 0 Å². The third-order valence-corrected chi connectivity index (χ3v) is 3.33. The number of aryl methyl sites for hydroxylation is 1. The Hall–Kier alpha value is -2.20. The Kier molecular flexibility index (Phi) is 4.70. The van der Waals surface area contributed by atoms with Crippen molar-refractivity contribution < 1.29 is 9.53 Å². The topological polar surface area (TPSA) is 64.3 Å². The smallest absolute Gasteiger partial charge is 0.265 e. The number of hydrogen-bond acceptors (Lipinski definition) is 3. The zero-order valence-corrected chi connectivity index (χ0v) is 12.6. The minimum absolute atomic E-state index is 0.247. The van der Waals surface area contributed by atoms with Gasteiger partial charge in [0, 0.05) is 11.4 Å². The first-order valence-corrected chi connectivity index (χ1v) is 6.93. The lowest BCUT2D eigenvalue weighted by Crippen LogP contribution is -2.30. The van der Waals surface area contributed by atoms with Crippen LogP contribution in [0.3, 0.4) is 0 Å². The molecule has 21 heavy (non-hydrogen) atoms. The summed E-state index contributed by atoms with van der Waals surface area (Å²) in [4.78, 5) is 12.2. The SMILES string of the molecule is Cc1cc(N)ccc1NC(=O)[C@H](C)Oc1ccccc1Cl. The molecule has 2 rings (SSSR count). The van der Waals surface area contributed by atoms with Gasteiger partial charge >= 0.3 is 0 Å². The average Bonchev–Trinajstić information content (AvgIpc) is 2.44. The van der Waals surface area contributed by atoms with Gasteiger partial charge in [-0.3, -0.25) is 4.79 Å². The molecule has 1 amide bonds. The number of nitrogens with two attached hydrogens (primary N) is 1. The highest BCUT2D eigenvalue weighted by Crippen LogP contribution is 2.24. The molecular formula is C16H17ClN2O2. The summed E-state index contributed by atoms with van der Waals surface area (Å²) in [5.41, 5.74) is 7.95. The lowest BCUT2D eigenvalue weighted by Gasteiger charge is -2.16. The summed E-state index contributed by atoms with van der Waals surface area (Å²) in [6.45, 7) is 3.55. The summed E-state index contributed by atoms with van der Waals surface area (Å²) in [7, 11) is 0. The van der Waals surface area contributed by atoms with Gasteiger partial charge in [-0.1, -0.05) is 23.7 Å². The van der Waals surface area contributed by atoms with Crippen LogP contribution in [0, 0.1) is 6.92 Å². The maximum absolute atomic E-state index is 12.2. The minimum Gasteiger partial charge on any atom is -0.479 e. The summed E-state index contributed by atoms with van der Waals surface area (Å²) in [6, 6.07) is 12.3. The summed E-state index contributed by atoms with van der Waals surface area (Å²) in [5, 5.41) is 3.29. The number of carbonyl (C=O) groups is 1. The van der Waals surface area contributed by atoms with Gasteiger partial charge in [-0.25, -0.2) is 0 Å². The Labute approximate surface area is 128 Å². The first-order valence-electron chi connectivity index (χ1n) is 6.55. The highest BCUT2D eigenvalue weighted by atomic mass is 35.5. The van der Waals surface area contributed by atoms with Crippen LogP contribution in [0.1, 0.15) is 12.5 Å². The zero-order valence-electron chi connectivity index (χ0n) is 11.9. The fourth-order valence-electron chi connectivity index (χ4n) is 1.85. The quantitative estimate of drug-likeness (QED) is 0.848. The average molecular weight is 305 g/mol. The van der Waals surface area contributed by atoms with Crippen LogP contribution in [0.15, 0.2) is 42.5 Å². The monoisotopic (exact) mass is 304 g/mol. The first-order chi connectivity index (χ1) is 9.97. The van der Waals surface area contributed by atoms with Gasteiger partial charge < -0.3 is 15.8 Å². The van der Waals surface area contributed by atoms with Gasteiger partial charge in [0.05, 0.1) is 5.02 Å². The van der Waals surface area contributed by atoms with E-state index in [1.54, 1.807) is 49.4 Å². The third-order valence-electron chi connectivity index (χ3n) is 3.02. The number of ether oxygens (including phenoxy) is 1. The Morgan fingerprint density at radius 1 is 1.29 bits per heavy atom. The van der Waals surface area contributed by atoms with Gasteiger partial charge in [0.2, 0.25) is 0 Å². The van der Waals surface area contributed by atoms with Crippen LogP contribution in [-0.2, 0) is 4.79 Å². The van der Waals surface area contributed by atoms with Crippen molar-refractivity contribution in [3.05, 3.63) is 53.1 Å². The summed E-state index contributed by atoms with van der Waals surface area (Å²) < 4.78 is 5.57. The van der Waals surface area contributed by atoms with Crippen LogP contribution in [0.25, 0.3) is 0 Å². The largest absolute Gasteiger partial charge is 0.479 e. The molecule has 2 aromatic rings. The van der Waals surface area contributed by atoms with E-state index in [9.17, 15) is 4.79 Å². The molecular weight excluding hydrogens is 288 g/mol. The van der Waals surface area contributed by atoms with Crippen LogP contribution in [0.4, 0.5) is 11.4 Å². The highest BCUT2D eigenvalue weighted by molar-refractivity contribution is 6.32. The molecule has 0 unspecified atom stereocenters. The third kappa shape index (κ3) is 3.89. The van der Waals surface area contributed by atoms with E-state index in [4.69, 9.17) is 22.1 Å². The number of anilines is 2. The highest BCUT2D eigenvalue weighted by Gasteiger charge is 2.16. The second-order valence-corrected chi connectivity index (χ2v) is 5.16. The van der Waals surface area contributed by atoms with E-state index in [-0.39, 0.29) is 5.91 Å². The van der Waals surface area contributed by atoms with Crippen molar-refractivity contribution in [2.75, 3.05) is 11.1 Å². The molecule has 0 aliphatic heterocycles. The lowest BCUT2D eigenvalue weighted by molar-refractivity contribution is -0.122. The molecule has 0 spiro atoms. The van der Waals surface area contributed by atoms with E-state index >= 15 is 0 Å². The van der Waals surface area contributed by atoms with Crippen molar-refractivity contribution in [2.45, 2.75) is 20.0 Å². The molecule has 110 valence electrons. The number of benzene rings is 2. The van der Waals surface area contributed by atoms with Crippen molar-refractivity contribution >= 4 is 28.9 Å². The molecule has 1 atom stereocenters. The minimum atomic E-state index is -0.665. The zero-order chi connectivity index (χ0) is 15.4. The normalized spacial score (nSPS) is 11.8. The first kappa shape index (κ1) is 15.2. The molecule has 3 N–H and O–H groups in total. The van der Waals surface area contributed by atoms with Gasteiger partial charge in [-0.2, -0.15) is 0 Å². The van der Waals surface area contributed by atoms with E-state index in [0.717, 1.165) is 5.56 Å². The molecule has 2 aromatic carbocycles. The maximum atomic E-state index is 12.2. The molecule has 0 radical (unpaired) electrons. The van der Waals surface area contributed by atoms with Crippen molar-refractivity contribution in [2.24, 2.45) is 0 Å². The molecule has 0 saturated carbocycles. The van der Waals surface area contributed by atoms with E-state index in [0.29, 0.717) is 22.1 Å².